The lowest BCUT2D eigenvalue weighted by molar-refractivity contribution is 1.33. The summed E-state index contributed by atoms with van der Waals surface area (Å²) in [5.74, 6) is 0. The molecule has 0 aliphatic carbocycles. The van der Waals surface area contributed by atoms with Crippen LogP contribution in [0.3, 0.4) is 0 Å². The fourth-order valence-electron chi connectivity index (χ4n) is 2.93. The van der Waals surface area contributed by atoms with E-state index in [1.165, 1.54) is 33.4 Å². The first-order valence-corrected chi connectivity index (χ1v) is 8.71. The van der Waals surface area contributed by atoms with E-state index < -0.39 is 0 Å². The minimum Gasteiger partial charge on any atom is -0.355 e. The molecule has 0 heterocycles. The monoisotopic (exact) mass is 327 g/mol. The Morgan fingerprint density at radius 2 is 1.48 bits per heavy atom. The van der Waals surface area contributed by atoms with Crippen LogP contribution in [0.5, 0.6) is 0 Å². The van der Waals surface area contributed by atoms with Crippen LogP contribution >= 0.6 is 0 Å². The van der Waals surface area contributed by atoms with Crippen molar-refractivity contribution in [3.8, 4) is 0 Å². The van der Waals surface area contributed by atoms with Gasteiger partial charge in [-0.2, -0.15) is 0 Å². The summed E-state index contributed by atoms with van der Waals surface area (Å²) in [5, 5.41) is 3.49. The molecule has 1 nitrogen and oxygen atoms in total. The van der Waals surface area contributed by atoms with Crippen LogP contribution in [-0.2, 0) is 0 Å². The Kier molecular flexibility index (Phi) is 5.04. The molecule has 0 aliphatic heterocycles. The van der Waals surface area contributed by atoms with E-state index in [0.717, 1.165) is 11.4 Å². The van der Waals surface area contributed by atoms with Crippen LogP contribution in [0.2, 0.25) is 0 Å². The van der Waals surface area contributed by atoms with Crippen molar-refractivity contribution in [3.63, 3.8) is 0 Å². The molecule has 0 saturated carbocycles. The number of aryl methyl sites for hydroxylation is 3. The molecular formula is C24H25N. The van der Waals surface area contributed by atoms with Crippen LogP contribution in [0.25, 0.3) is 12.2 Å². The van der Waals surface area contributed by atoms with E-state index in [9.17, 15) is 0 Å². The number of anilines is 2. The smallest absolute Gasteiger partial charge is 0.0414 e. The fourth-order valence-corrected chi connectivity index (χ4v) is 2.93. The molecule has 0 fully saturated rings. The molecular weight excluding hydrogens is 302 g/mol. The van der Waals surface area contributed by atoms with Gasteiger partial charge in [-0.25, -0.2) is 0 Å². The summed E-state index contributed by atoms with van der Waals surface area (Å²) in [6.07, 6.45) is 4.36. The average molecular weight is 327 g/mol. The highest BCUT2D eigenvalue weighted by molar-refractivity contribution is 5.73. The lowest BCUT2D eigenvalue weighted by Crippen LogP contribution is -1.93. The Balaban J connectivity index is 1.74. The van der Waals surface area contributed by atoms with Crippen molar-refractivity contribution < 1.29 is 0 Å². The van der Waals surface area contributed by atoms with Crippen LogP contribution < -0.4 is 5.32 Å². The standard InChI is InChI=1S/C24H25N/c1-17-8-15-24(19(3)16-17)25-23-13-10-21(11-14-23)9-12-22-7-5-6-18(2)20(22)4/h5-16,25H,1-4H3/b12-9+. The molecule has 1 heteroatoms. The van der Waals surface area contributed by atoms with E-state index in [-0.39, 0.29) is 0 Å². The summed E-state index contributed by atoms with van der Waals surface area (Å²) < 4.78 is 0. The molecule has 0 aromatic heterocycles. The Bertz CT molecular complexity index is 902. The molecule has 126 valence electrons. The molecule has 0 bridgehead atoms. The van der Waals surface area contributed by atoms with Crippen molar-refractivity contribution in [2.75, 3.05) is 5.32 Å². The Hall–Kier alpha value is -2.80. The molecule has 25 heavy (non-hydrogen) atoms. The van der Waals surface area contributed by atoms with Crippen molar-refractivity contribution in [2.45, 2.75) is 27.7 Å². The third kappa shape index (κ3) is 4.19. The normalized spacial score (nSPS) is 11.0. The molecule has 0 unspecified atom stereocenters. The minimum absolute atomic E-state index is 1.11. The highest BCUT2D eigenvalue weighted by atomic mass is 14.9. The van der Waals surface area contributed by atoms with Gasteiger partial charge in [0.2, 0.25) is 0 Å². The largest absolute Gasteiger partial charge is 0.355 e. The summed E-state index contributed by atoms with van der Waals surface area (Å²) in [6.45, 7) is 8.58. The first-order valence-electron chi connectivity index (χ1n) is 8.71. The number of nitrogens with one attached hydrogen (secondary N) is 1. The van der Waals surface area contributed by atoms with E-state index >= 15 is 0 Å². The predicted molar refractivity (Wildman–Crippen MR) is 110 cm³/mol. The molecule has 0 radical (unpaired) electrons. The van der Waals surface area contributed by atoms with Crippen molar-refractivity contribution in [3.05, 3.63) is 94.0 Å². The second-order valence-corrected chi connectivity index (χ2v) is 6.69. The van der Waals surface area contributed by atoms with Gasteiger partial charge in [-0.15, -0.1) is 0 Å². The van der Waals surface area contributed by atoms with Gasteiger partial charge >= 0.3 is 0 Å². The van der Waals surface area contributed by atoms with E-state index in [1.807, 2.05) is 0 Å². The van der Waals surface area contributed by atoms with Crippen LogP contribution in [0.15, 0.2) is 60.7 Å². The van der Waals surface area contributed by atoms with Gasteiger partial charge in [0.1, 0.15) is 0 Å². The van der Waals surface area contributed by atoms with Gasteiger partial charge in [0.15, 0.2) is 0 Å². The van der Waals surface area contributed by atoms with Gasteiger partial charge in [-0.1, -0.05) is 60.2 Å². The van der Waals surface area contributed by atoms with Gasteiger partial charge in [0.05, 0.1) is 0 Å². The third-order valence-electron chi connectivity index (χ3n) is 4.67. The fraction of sp³-hybridized carbons (Fsp3) is 0.167. The Labute approximate surface area is 151 Å². The van der Waals surface area contributed by atoms with Crippen molar-refractivity contribution >= 4 is 23.5 Å². The number of rotatable bonds is 4. The zero-order valence-corrected chi connectivity index (χ0v) is 15.4. The molecule has 0 atom stereocenters. The molecule has 3 aromatic carbocycles. The second-order valence-electron chi connectivity index (χ2n) is 6.69. The van der Waals surface area contributed by atoms with E-state index in [2.05, 4.69) is 106 Å². The third-order valence-corrected chi connectivity index (χ3v) is 4.67. The van der Waals surface area contributed by atoms with Crippen LogP contribution in [0, 0.1) is 27.7 Å². The molecule has 0 spiro atoms. The molecule has 0 aliphatic rings. The quantitative estimate of drug-likeness (QED) is 0.518. The van der Waals surface area contributed by atoms with Crippen LogP contribution in [0.1, 0.15) is 33.4 Å². The lowest BCUT2D eigenvalue weighted by Gasteiger charge is -2.10. The summed E-state index contributed by atoms with van der Waals surface area (Å²) in [6, 6.07) is 21.4. The van der Waals surface area contributed by atoms with Gasteiger partial charge in [-0.05, 0) is 73.7 Å². The molecule has 0 saturated heterocycles. The maximum absolute atomic E-state index is 3.49. The molecule has 3 rings (SSSR count). The van der Waals surface area contributed by atoms with Gasteiger partial charge in [-0.3, -0.25) is 0 Å². The highest BCUT2D eigenvalue weighted by Gasteiger charge is 2.00. The minimum atomic E-state index is 1.11. The Morgan fingerprint density at radius 1 is 0.720 bits per heavy atom. The topological polar surface area (TPSA) is 12.0 Å². The molecule has 1 N–H and O–H groups in total. The molecule has 0 amide bonds. The van der Waals surface area contributed by atoms with Crippen molar-refractivity contribution in [1.29, 1.82) is 0 Å². The maximum Gasteiger partial charge on any atom is 0.0414 e. The van der Waals surface area contributed by atoms with E-state index in [4.69, 9.17) is 0 Å². The first kappa shape index (κ1) is 17.0. The SMILES string of the molecule is Cc1ccc(Nc2ccc(/C=C/c3cccc(C)c3C)cc2)c(C)c1. The molecule has 3 aromatic rings. The van der Waals surface area contributed by atoms with Crippen LogP contribution in [-0.4, -0.2) is 0 Å². The van der Waals surface area contributed by atoms with Crippen molar-refractivity contribution in [2.24, 2.45) is 0 Å². The lowest BCUT2D eigenvalue weighted by atomic mass is 10.0. The van der Waals surface area contributed by atoms with Crippen molar-refractivity contribution in [1.82, 2.24) is 0 Å². The first-order chi connectivity index (χ1) is 12.0. The van der Waals surface area contributed by atoms with E-state index in [1.54, 1.807) is 0 Å². The predicted octanol–water partition coefficient (Wildman–Crippen LogP) is 6.83. The number of hydrogen-bond donors (Lipinski definition) is 1. The maximum atomic E-state index is 3.49. The number of benzene rings is 3. The second kappa shape index (κ2) is 7.40. The van der Waals surface area contributed by atoms with Gasteiger partial charge < -0.3 is 5.32 Å². The average Bonchev–Trinajstić information content (AvgIpc) is 2.60. The van der Waals surface area contributed by atoms with Crippen LogP contribution in [0.4, 0.5) is 11.4 Å². The number of hydrogen-bond acceptors (Lipinski definition) is 1. The Morgan fingerprint density at radius 3 is 2.20 bits per heavy atom. The summed E-state index contributed by atoms with van der Waals surface area (Å²) >= 11 is 0. The van der Waals surface area contributed by atoms with Gasteiger partial charge in [0.25, 0.3) is 0 Å². The van der Waals surface area contributed by atoms with Gasteiger partial charge in [0, 0.05) is 11.4 Å². The zero-order valence-electron chi connectivity index (χ0n) is 15.4. The summed E-state index contributed by atoms with van der Waals surface area (Å²) in [4.78, 5) is 0. The highest BCUT2D eigenvalue weighted by Crippen LogP contribution is 2.22. The summed E-state index contributed by atoms with van der Waals surface area (Å²) in [7, 11) is 0. The summed E-state index contributed by atoms with van der Waals surface area (Å²) in [5.41, 5.74) is 9.96. The van der Waals surface area contributed by atoms with E-state index in [0.29, 0.717) is 0 Å². The zero-order chi connectivity index (χ0) is 17.8.